The molecule has 0 spiro atoms. The van der Waals surface area contributed by atoms with Crippen molar-refractivity contribution in [3.8, 4) is 0 Å². The van der Waals surface area contributed by atoms with E-state index in [1.165, 1.54) is 6.92 Å². The van der Waals surface area contributed by atoms with Gasteiger partial charge in [0, 0.05) is 46.0 Å². The molecule has 1 aromatic rings. The summed E-state index contributed by atoms with van der Waals surface area (Å²) in [4.78, 5) is 13.9. The highest BCUT2D eigenvalue weighted by Crippen LogP contribution is 2.36. The minimum atomic E-state index is -0.463. The summed E-state index contributed by atoms with van der Waals surface area (Å²) in [6.07, 6.45) is 1.67. The first-order valence-electron chi connectivity index (χ1n) is 7.71. The van der Waals surface area contributed by atoms with E-state index in [1.54, 1.807) is 0 Å². The highest BCUT2D eigenvalue weighted by Gasteiger charge is 2.38. The zero-order chi connectivity index (χ0) is 15.1. The van der Waals surface area contributed by atoms with Crippen molar-refractivity contribution in [3.63, 3.8) is 0 Å². The molecule has 1 aromatic carbocycles. The second kappa shape index (κ2) is 7.57. The molecule has 21 heavy (non-hydrogen) atoms. The third kappa shape index (κ3) is 4.29. The van der Waals surface area contributed by atoms with Crippen molar-refractivity contribution in [2.24, 2.45) is 0 Å². The molecule has 1 fully saturated rings. The van der Waals surface area contributed by atoms with Crippen LogP contribution in [-0.4, -0.2) is 43.7 Å². The van der Waals surface area contributed by atoms with Crippen LogP contribution in [0, 0.1) is 0 Å². The van der Waals surface area contributed by atoms with E-state index in [0.717, 1.165) is 51.3 Å². The summed E-state index contributed by atoms with van der Waals surface area (Å²) in [5.41, 5.74) is 0.638. The molecule has 1 saturated heterocycles. The Hall–Kier alpha value is -1.39. The number of benzene rings is 1. The Morgan fingerprint density at radius 2 is 1.90 bits per heavy atom. The molecule has 0 amide bonds. The van der Waals surface area contributed by atoms with E-state index in [9.17, 15) is 4.79 Å². The van der Waals surface area contributed by atoms with E-state index in [-0.39, 0.29) is 5.97 Å². The van der Waals surface area contributed by atoms with Gasteiger partial charge < -0.3 is 14.4 Å². The van der Waals surface area contributed by atoms with Crippen LogP contribution in [0.1, 0.15) is 32.3 Å². The van der Waals surface area contributed by atoms with Crippen LogP contribution >= 0.6 is 0 Å². The van der Waals surface area contributed by atoms with Gasteiger partial charge in [0.15, 0.2) is 0 Å². The lowest BCUT2D eigenvalue weighted by Gasteiger charge is -2.41. The summed E-state index contributed by atoms with van der Waals surface area (Å²) in [6, 6.07) is 10.1. The third-order valence-corrected chi connectivity index (χ3v) is 4.06. The van der Waals surface area contributed by atoms with Crippen LogP contribution in [0.25, 0.3) is 0 Å². The number of esters is 1. The van der Waals surface area contributed by atoms with Gasteiger partial charge in [-0.05, 0) is 12.5 Å². The predicted molar refractivity (Wildman–Crippen MR) is 82.1 cm³/mol. The van der Waals surface area contributed by atoms with Crippen molar-refractivity contribution in [2.75, 3.05) is 32.8 Å². The topological polar surface area (TPSA) is 38.8 Å². The Balaban J connectivity index is 2.02. The molecule has 2 rings (SSSR count). The minimum Gasteiger partial charge on any atom is -0.454 e. The smallest absolute Gasteiger partial charge is 0.303 e. The highest BCUT2D eigenvalue weighted by molar-refractivity contribution is 5.67. The Morgan fingerprint density at radius 3 is 2.48 bits per heavy atom. The number of likely N-dealkylation sites (tertiary alicyclic amines) is 1. The second-order valence-corrected chi connectivity index (χ2v) is 5.49. The van der Waals surface area contributed by atoms with Gasteiger partial charge in [-0.15, -0.1) is 0 Å². The van der Waals surface area contributed by atoms with Gasteiger partial charge in [0.25, 0.3) is 0 Å². The predicted octanol–water partition coefficient (Wildman–Crippen LogP) is 2.58. The largest absolute Gasteiger partial charge is 0.454 e. The van der Waals surface area contributed by atoms with Gasteiger partial charge in [0.05, 0.1) is 6.61 Å². The molecule has 0 aliphatic carbocycles. The SMILES string of the molecule is CCOCCN1CCC(OC(C)=O)(c2ccccc2)CC1. The van der Waals surface area contributed by atoms with Crippen LogP contribution < -0.4 is 0 Å². The first-order valence-corrected chi connectivity index (χ1v) is 7.71. The lowest BCUT2D eigenvalue weighted by Crippen LogP contribution is -2.45. The van der Waals surface area contributed by atoms with Crippen LogP contribution in [-0.2, 0) is 19.9 Å². The van der Waals surface area contributed by atoms with Crippen molar-refractivity contribution in [1.82, 2.24) is 4.90 Å². The Kier molecular flexibility index (Phi) is 5.76. The molecular weight excluding hydrogens is 266 g/mol. The van der Waals surface area contributed by atoms with E-state index in [1.807, 2.05) is 25.1 Å². The fourth-order valence-corrected chi connectivity index (χ4v) is 2.94. The van der Waals surface area contributed by atoms with Crippen LogP contribution in [0.2, 0.25) is 0 Å². The fraction of sp³-hybridized carbons (Fsp3) is 0.588. The number of hydrogen-bond donors (Lipinski definition) is 0. The number of piperidine rings is 1. The van der Waals surface area contributed by atoms with E-state index in [4.69, 9.17) is 9.47 Å². The van der Waals surface area contributed by atoms with Gasteiger partial charge in [0.1, 0.15) is 5.60 Å². The molecule has 0 radical (unpaired) electrons. The summed E-state index contributed by atoms with van der Waals surface area (Å²) >= 11 is 0. The summed E-state index contributed by atoms with van der Waals surface area (Å²) in [7, 11) is 0. The van der Waals surface area contributed by atoms with Crippen molar-refractivity contribution in [2.45, 2.75) is 32.3 Å². The molecule has 1 heterocycles. The van der Waals surface area contributed by atoms with E-state index in [0.29, 0.717) is 0 Å². The molecule has 0 bridgehead atoms. The number of carbonyl (C=O) groups excluding carboxylic acids is 1. The molecule has 0 atom stereocenters. The third-order valence-electron chi connectivity index (χ3n) is 4.06. The maximum atomic E-state index is 11.5. The van der Waals surface area contributed by atoms with Gasteiger partial charge >= 0.3 is 5.97 Å². The van der Waals surface area contributed by atoms with E-state index in [2.05, 4.69) is 17.0 Å². The lowest BCUT2D eigenvalue weighted by atomic mass is 9.84. The monoisotopic (exact) mass is 291 g/mol. The van der Waals surface area contributed by atoms with Crippen LogP contribution in [0.3, 0.4) is 0 Å². The fourth-order valence-electron chi connectivity index (χ4n) is 2.94. The number of ether oxygens (including phenoxy) is 2. The van der Waals surface area contributed by atoms with E-state index >= 15 is 0 Å². The van der Waals surface area contributed by atoms with Crippen molar-refractivity contribution >= 4 is 5.97 Å². The van der Waals surface area contributed by atoms with E-state index < -0.39 is 5.60 Å². The van der Waals surface area contributed by atoms with Gasteiger partial charge in [-0.2, -0.15) is 0 Å². The van der Waals surface area contributed by atoms with Crippen molar-refractivity contribution in [3.05, 3.63) is 35.9 Å². The second-order valence-electron chi connectivity index (χ2n) is 5.49. The average Bonchev–Trinajstić information content (AvgIpc) is 2.50. The highest BCUT2D eigenvalue weighted by atomic mass is 16.6. The standard InChI is InChI=1S/C17H25NO3/c1-3-20-14-13-18-11-9-17(10-12-18,21-15(2)19)16-7-5-4-6-8-16/h4-8H,3,9-14H2,1-2H3. The molecule has 4 heteroatoms. The summed E-state index contributed by atoms with van der Waals surface area (Å²) in [5, 5.41) is 0. The van der Waals surface area contributed by atoms with Gasteiger partial charge in [-0.1, -0.05) is 30.3 Å². The summed E-state index contributed by atoms with van der Waals surface area (Å²) < 4.78 is 11.2. The quantitative estimate of drug-likeness (QED) is 0.596. The van der Waals surface area contributed by atoms with Crippen molar-refractivity contribution < 1.29 is 14.3 Å². The van der Waals surface area contributed by atoms with Gasteiger partial charge in [0.2, 0.25) is 0 Å². The van der Waals surface area contributed by atoms with Crippen LogP contribution in [0.4, 0.5) is 0 Å². The van der Waals surface area contributed by atoms with Crippen molar-refractivity contribution in [1.29, 1.82) is 0 Å². The number of carbonyl (C=O) groups is 1. The average molecular weight is 291 g/mol. The van der Waals surface area contributed by atoms with Gasteiger partial charge in [-0.25, -0.2) is 0 Å². The normalized spacial score (nSPS) is 18.4. The van der Waals surface area contributed by atoms with Gasteiger partial charge in [-0.3, -0.25) is 4.79 Å². The maximum Gasteiger partial charge on any atom is 0.303 e. The zero-order valence-electron chi connectivity index (χ0n) is 13.0. The molecule has 116 valence electrons. The number of hydrogen-bond acceptors (Lipinski definition) is 4. The first-order chi connectivity index (χ1) is 10.2. The maximum absolute atomic E-state index is 11.5. The summed E-state index contributed by atoms with van der Waals surface area (Å²) in [6.45, 7) is 7.82. The van der Waals surface area contributed by atoms with Crippen LogP contribution in [0.15, 0.2) is 30.3 Å². The Bertz CT molecular complexity index is 439. The molecule has 1 aliphatic heterocycles. The Morgan fingerprint density at radius 1 is 1.24 bits per heavy atom. The number of nitrogens with zero attached hydrogens (tertiary/aromatic N) is 1. The molecule has 4 nitrogen and oxygen atoms in total. The Labute approximate surface area is 127 Å². The molecular formula is C17H25NO3. The minimum absolute atomic E-state index is 0.207. The van der Waals surface area contributed by atoms with Crippen LogP contribution in [0.5, 0.6) is 0 Å². The molecule has 0 aromatic heterocycles. The number of rotatable bonds is 6. The lowest BCUT2D eigenvalue weighted by molar-refractivity contribution is -0.164. The first kappa shape index (κ1) is 16.0. The molecule has 0 N–H and O–H groups in total. The summed E-state index contributed by atoms with van der Waals surface area (Å²) in [5.74, 6) is -0.207. The molecule has 0 saturated carbocycles. The zero-order valence-corrected chi connectivity index (χ0v) is 13.0. The molecule has 0 unspecified atom stereocenters. The molecule has 1 aliphatic rings.